The highest BCUT2D eigenvalue weighted by Gasteiger charge is 2.47. The van der Waals surface area contributed by atoms with E-state index in [1.807, 2.05) is 61.5 Å². The molecule has 1 saturated heterocycles. The number of cyclic esters (lactones) is 2. The van der Waals surface area contributed by atoms with Crippen molar-refractivity contribution in [3.63, 3.8) is 0 Å². The summed E-state index contributed by atoms with van der Waals surface area (Å²) in [7, 11) is 0. The summed E-state index contributed by atoms with van der Waals surface area (Å²) >= 11 is 0. The van der Waals surface area contributed by atoms with Gasteiger partial charge in [-0.1, -0.05) is 54.3 Å². The molecule has 0 bridgehead atoms. The van der Waals surface area contributed by atoms with E-state index in [0.29, 0.717) is 0 Å². The minimum Gasteiger partial charge on any atom is -0.422 e. The van der Waals surface area contributed by atoms with Crippen molar-refractivity contribution < 1.29 is 19.1 Å². The van der Waals surface area contributed by atoms with E-state index in [2.05, 4.69) is 11.8 Å². The van der Waals surface area contributed by atoms with Crippen LogP contribution in [0.2, 0.25) is 0 Å². The molecule has 0 saturated carbocycles. The van der Waals surface area contributed by atoms with Crippen LogP contribution in [0.3, 0.4) is 0 Å². The molecule has 0 aromatic heterocycles. The second-order valence-corrected chi connectivity index (χ2v) is 6.75. The third kappa shape index (κ3) is 3.94. The van der Waals surface area contributed by atoms with Gasteiger partial charge in [-0.2, -0.15) is 0 Å². The maximum absolute atomic E-state index is 12.5. The van der Waals surface area contributed by atoms with E-state index < -0.39 is 29.6 Å². The zero-order valence-electron chi connectivity index (χ0n) is 15.0. The predicted molar refractivity (Wildman–Crippen MR) is 97.0 cm³/mol. The number of esters is 2. The van der Waals surface area contributed by atoms with Crippen LogP contribution in [0.15, 0.2) is 54.6 Å². The lowest BCUT2D eigenvalue weighted by atomic mass is 9.85. The molecule has 1 aliphatic rings. The fourth-order valence-corrected chi connectivity index (χ4v) is 2.90. The molecule has 1 heterocycles. The van der Waals surface area contributed by atoms with Crippen LogP contribution in [0.4, 0.5) is 0 Å². The molecule has 3 rings (SSSR count). The van der Waals surface area contributed by atoms with Crippen molar-refractivity contribution in [2.45, 2.75) is 32.5 Å². The van der Waals surface area contributed by atoms with Gasteiger partial charge in [-0.05, 0) is 30.2 Å². The van der Waals surface area contributed by atoms with E-state index in [1.54, 1.807) is 0 Å². The maximum atomic E-state index is 12.5. The number of carbonyl (C=O) groups is 2. The standard InChI is InChI=1S/C22H20O4/c1-15-8-7-9-16(14-15)12-13-18(17-10-5-4-6-11-17)19-20(23)25-22(2,3)26-21(19)24/h4-11,14,18-19H,1-3H3/t18-/m0/s1. The van der Waals surface area contributed by atoms with Gasteiger partial charge < -0.3 is 9.47 Å². The fourth-order valence-electron chi connectivity index (χ4n) is 2.90. The van der Waals surface area contributed by atoms with E-state index >= 15 is 0 Å². The van der Waals surface area contributed by atoms with Crippen LogP contribution in [0, 0.1) is 24.7 Å². The highest BCUT2D eigenvalue weighted by molar-refractivity contribution is 5.98. The van der Waals surface area contributed by atoms with Gasteiger partial charge >= 0.3 is 11.9 Å². The third-order valence-corrected chi connectivity index (χ3v) is 4.08. The quantitative estimate of drug-likeness (QED) is 0.473. The van der Waals surface area contributed by atoms with Gasteiger partial charge in [0, 0.05) is 19.4 Å². The van der Waals surface area contributed by atoms with Crippen molar-refractivity contribution in [1.29, 1.82) is 0 Å². The monoisotopic (exact) mass is 348 g/mol. The average molecular weight is 348 g/mol. The van der Waals surface area contributed by atoms with Gasteiger partial charge in [0.15, 0.2) is 5.92 Å². The first-order valence-electron chi connectivity index (χ1n) is 8.44. The normalized spacial score (nSPS) is 17.5. The Morgan fingerprint density at radius 2 is 1.62 bits per heavy atom. The molecule has 1 aliphatic heterocycles. The molecule has 0 unspecified atom stereocenters. The molecule has 4 nitrogen and oxygen atoms in total. The number of ether oxygens (including phenoxy) is 2. The zero-order valence-corrected chi connectivity index (χ0v) is 15.0. The smallest absolute Gasteiger partial charge is 0.325 e. The fraction of sp³-hybridized carbons (Fsp3) is 0.273. The van der Waals surface area contributed by atoms with Crippen molar-refractivity contribution in [2.24, 2.45) is 5.92 Å². The van der Waals surface area contributed by atoms with Crippen LogP contribution in [-0.2, 0) is 19.1 Å². The van der Waals surface area contributed by atoms with Gasteiger partial charge in [0.1, 0.15) is 0 Å². The molecule has 132 valence electrons. The molecule has 0 aliphatic carbocycles. The molecule has 2 aromatic rings. The van der Waals surface area contributed by atoms with Crippen molar-refractivity contribution in [2.75, 3.05) is 0 Å². The Balaban J connectivity index is 2.00. The van der Waals surface area contributed by atoms with Gasteiger partial charge in [-0.25, -0.2) is 0 Å². The highest BCUT2D eigenvalue weighted by Crippen LogP contribution is 2.33. The summed E-state index contributed by atoms with van der Waals surface area (Å²) < 4.78 is 10.6. The van der Waals surface area contributed by atoms with Crippen LogP contribution >= 0.6 is 0 Å². The Hall–Kier alpha value is -3.06. The molecule has 0 spiro atoms. The maximum Gasteiger partial charge on any atom is 0.325 e. The molecule has 26 heavy (non-hydrogen) atoms. The van der Waals surface area contributed by atoms with Crippen LogP contribution in [-0.4, -0.2) is 17.7 Å². The lowest BCUT2D eigenvalue weighted by Gasteiger charge is -2.34. The highest BCUT2D eigenvalue weighted by atomic mass is 16.7. The minimum atomic E-state index is -1.25. The lowest BCUT2D eigenvalue weighted by Crippen LogP contribution is -2.48. The number of aryl methyl sites for hydroxylation is 1. The Labute approximate surface area is 153 Å². The van der Waals surface area contributed by atoms with Crippen LogP contribution in [0.5, 0.6) is 0 Å². The number of hydrogen-bond donors (Lipinski definition) is 0. The number of hydrogen-bond acceptors (Lipinski definition) is 4. The van der Waals surface area contributed by atoms with E-state index in [1.165, 1.54) is 13.8 Å². The molecule has 2 aromatic carbocycles. The largest absolute Gasteiger partial charge is 0.422 e. The summed E-state index contributed by atoms with van der Waals surface area (Å²) in [5.41, 5.74) is 2.68. The van der Waals surface area contributed by atoms with Crippen LogP contribution < -0.4 is 0 Å². The molecular formula is C22H20O4. The van der Waals surface area contributed by atoms with E-state index in [4.69, 9.17) is 9.47 Å². The number of rotatable bonds is 2. The van der Waals surface area contributed by atoms with Gasteiger partial charge in [0.2, 0.25) is 0 Å². The molecule has 4 heteroatoms. The lowest BCUT2D eigenvalue weighted by molar-refractivity contribution is -0.240. The van der Waals surface area contributed by atoms with Gasteiger partial charge in [0.05, 0.1) is 5.92 Å². The topological polar surface area (TPSA) is 52.6 Å². The summed E-state index contributed by atoms with van der Waals surface area (Å²) in [5, 5.41) is 0. The van der Waals surface area contributed by atoms with E-state index in [-0.39, 0.29) is 0 Å². The van der Waals surface area contributed by atoms with Crippen molar-refractivity contribution in [3.8, 4) is 11.8 Å². The van der Waals surface area contributed by atoms with Crippen molar-refractivity contribution in [1.82, 2.24) is 0 Å². The molecule has 1 fully saturated rings. The van der Waals surface area contributed by atoms with Gasteiger partial charge in [-0.15, -0.1) is 0 Å². The summed E-state index contributed by atoms with van der Waals surface area (Å²) in [6.07, 6.45) is 0. The molecule has 0 amide bonds. The van der Waals surface area contributed by atoms with Crippen LogP contribution in [0.25, 0.3) is 0 Å². The Bertz CT molecular complexity index is 867. The second kappa shape index (κ2) is 7.05. The van der Waals surface area contributed by atoms with Crippen LogP contribution in [0.1, 0.15) is 36.5 Å². The van der Waals surface area contributed by atoms with E-state index in [0.717, 1.165) is 16.7 Å². The SMILES string of the molecule is Cc1cccc(C#C[C@@H](c2ccccc2)C2C(=O)OC(C)(C)OC2=O)c1. The molecule has 0 N–H and O–H groups in total. The van der Waals surface area contributed by atoms with E-state index in [9.17, 15) is 9.59 Å². The summed E-state index contributed by atoms with van der Waals surface area (Å²) in [4.78, 5) is 25.0. The number of benzene rings is 2. The first kappa shape index (κ1) is 17.8. The summed E-state index contributed by atoms with van der Waals surface area (Å²) in [6, 6.07) is 17.0. The molecule has 0 radical (unpaired) electrons. The Kier molecular flexibility index (Phi) is 4.81. The van der Waals surface area contributed by atoms with Crippen molar-refractivity contribution >= 4 is 11.9 Å². The number of carbonyl (C=O) groups excluding carboxylic acids is 2. The first-order valence-corrected chi connectivity index (χ1v) is 8.44. The Morgan fingerprint density at radius 3 is 2.23 bits per heavy atom. The molecular weight excluding hydrogens is 328 g/mol. The second-order valence-electron chi connectivity index (χ2n) is 6.75. The predicted octanol–water partition coefficient (Wildman–Crippen LogP) is 3.58. The van der Waals surface area contributed by atoms with Gasteiger partial charge in [-0.3, -0.25) is 9.59 Å². The average Bonchev–Trinajstić information content (AvgIpc) is 2.57. The summed E-state index contributed by atoms with van der Waals surface area (Å²) in [5.74, 6) is 1.93. The van der Waals surface area contributed by atoms with Gasteiger partial charge in [0.25, 0.3) is 5.79 Å². The Morgan fingerprint density at radius 1 is 0.962 bits per heavy atom. The zero-order chi connectivity index (χ0) is 18.7. The first-order chi connectivity index (χ1) is 12.4. The van der Waals surface area contributed by atoms with Crippen molar-refractivity contribution in [3.05, 3.63) is 71.3 Å². The molecule has 1 atom stereocenters. The minimum absolute atomic E-state index is 0.612. The third-order valence-electron chi connectivity index (χ3n) is 4.08. The summed E-state index contributed by atoms with van der Waals surface area (Å²) in [6.45, 7) is 5.06.